The number of carbonyl (C=O) groups excluding carboxylic acids is 2. The zero-order valence-electron chi connectivity index (χ0n) is 14.3. The predicted octanol–water partition coefficient (Wildman–Crippen LogP) is 1.81. The maximum Gasteiger partial charge on any atom is 0.256 e. The fraction of sp³-hybridized carbons (Fsp3) is 0.500. The van der Waals surface area contributed by atoms with E-state index < -0.39 is 15.9 Å². The summed E-state index contributed by atoms with van der Waals surface area (Å²) in [6.45, 7) is 6.48. The Bertz CT molecular complexity index is 695. The molecule has 0 aliphatic rings. The third kappa shape index (κ3) is 4.95. The molecule has 0 radical (unpaired) electrons. The van der Waals surface area contributed by atoms with Crippen molar-refractivity contribution in [1.29, 1.82) is 0 Å². The molecular weight excluding hydrogens is 330 g/mol. The number of rotatable bonds is 9. The average Bonchev–Trinajstić information content (AvgIpc) is 2.53. The fourth-order valence-electron chi connectivity index (χ4n) is 2.30. The highest BCUT2D eigenvalue weighted by Gasteiger charge is 2.24. The molecule has 0 bridgehead atoms. The van der Waals surface area contributed by atoms with Gasteiger partial charge in [0.15, 0.2) is 0 Å². The number of nitrogens with one attached hydrogen (secondary N) is 1. The Morgan fingerprint density at radius 1 is 1.08 bits per heavy atom. The highest BCUT2D eigenvalue weighted by Crippen LogP contribution is 2.24. The third-order valence-electron chi connectivity index (χ3n) is 3.47. The Kier molecular flexibility index (Phi) is 7.21. The minimum Gasteiger partial charge on any atom is -0.366 e. The first-order valence-corrected chi connectivity index (χ1v) is 9.65. The van der Waals surface area contributed by atoms with E-state index in [0.29, 0.717) is 13.1 Å². The van der Waals surface area contributed by atoms with Crippen LogP contribution >= 0.6 is 0 Å². The van der Waals surface area contributed by atoms with Gasteiger partial charge in [0, 0.05) is 13.1 Å². The van der Waals surface area contributed by atoms with E-state index in [0.717, 1.165) is 12.8 Å². The van der Waals surface area contributed by atoms with Crippen LogP contribution in [0.2, 0.25) is 0 Å². The van der Waals surface area contributed by atoms with Crippen LogP contribution < -0.4 is 10.5 Å². The molecule has 0 unspecified atom stereocenters. The molecule has 2 amide bonds. The van der Waals surface area contributed by atoms with Crippen molar-refractivity contribution in [2.24, 2.45) is 5.73 Å². The maximum absolute atomic E-state index is 12.8. The largest absolute Gasteiger partial charge is 0.366 e. The first kappa shape index (κ1) is 20.0. The van der Waals surface area contributed by atoms with Gasteiger partial charge in [-0.15, -0.1) is 0 Å². The van der Waals surface area contributed by atoms with Crippen LogP contribution in [0, 0.1) is 0 Å². The second-order valence-corrected chi connectivity index (χ2v) is 7.40. The lowest BCUT2D eigenvalue weighted by molar-refractivity contribution is 0.0756. The Morgan fingerprint density at radius 2 is 1.62 bits per heavy atom. The van der Waals surface area contributed by atoms with Gasteiger partial charge in [0.1, 0.15) is 0 Å². The highest BCUT2D eigenvalue weighted by atomic mass is 32.2. The molecular formula is C16H25N3O4S. The van der Waals surface area contributed by atoms with Crippen LogP contribution in [0.15, 0.2) is 18.2 Å². The molecule has 0 saturated carbocycles. The molecule has 0 aromatic heterocycles. The average molecular weight is 355 g/mol. The number of para-hydroxylation sites is 1. The summed E-state index contributed by atoms with van der Waals surface area (Å²) in [6, 6.07) is 4.42. The molecule has 134 valence electrons. The van der Waals surface area contributed by atoms with Crippen molar-refractivity contribution in [2.45, 2.75) is 33.6 Å². The van der Waals surface area contributed by atoms with Crippen LogP contribution in [0.1, 0.15) is 54.3 Å². The van der Waals surface area contributed by atoms with E-state index in [1.165, 1.54) is 25.1 Å². The molecule has 0 aliphatic carbocycles. The summed E-state index contributed by atoms with van der Waals surface area (Å²) >= 11 is 0. The quantitative estimate of drug-likeness (QED) is 0.704. The minimum absolute atomic E-state index is 0.0224. The van der Waals surface area contributed by atoms with Crippen LogP contribution in [0.5, 0.6) is 0 Å². The lowest BCUT2D eigenvalue weighted by Gasteiger charge is -2.23. The zero-order valence-corrected chi connectivity index (χ0v) is 15.1. The molecule has 7 nitrogen and oxygen atoms in total. The van der Waals surface area contributed by atoms with Gasteiger partial charge < -0.3 is 10.6 Å². The van der Waals surface area contributed by atoms with Gasteiger partial charge in [-0.1, -0.05) is 19.9 Å². The van der Waals surface area contributed by atoms with Crippen molar-refractivity contribution in [3.8, 4) is 0 Å². The van der Waals surface area contributed by atoms with E-state index in [4.69, 9.17) is 5.73 Å². The topological polar surface area (TPSA) is 110 Å². The Hall–Kier alpha value is -2.09. The summed E-state index contributed by atoms with van der Waals surface area (Å²) in [5.74, 6) is -1.30. The monoisotopic (exact) mass is 355 g/mol. The van der Waals surface area contributed by atoms with Gasteiger partial charge in [0.25, 0.3) is 11.8 Å². The molecule has 0 fully saturated rings. The smallest absolute Gasteiger partial charge is 0.256 e. The summed E-state index contributed by atoms with van der Waals surface area (Å²) in [7, 11) is -3.66. The number of amides is 2. The van der Waals surface area contributed by atoms with Crippen molar-refractivity contribution in [1.82, 2.24) is 4.90 Å². The molecule has 1 aromatic rings. The molecule has 1 aromatic carbocycles. The molecule has 0 atom stereocenters. The lowest BCUT2D eigenvalue weighted by atomic mass is 10.1. The van der Waals surface area contributed by atoms with Gasteiger partial charge in [-0.05, 0) is 31.9 Å². The van der Waals surface area contributed by atoms with Gasteiger partial charge in [0.2, 0.25) is 10.0 Å². The van der Waals surface area contributed by atoms with Crippen LogP contribution in [-0.4, -0.2) is 44.0 Å². The summed E-state index contributed by atoms with van der Waals surface area (Å²) in [4.78, 5) is 26.1. The molecule has 0 heterocycles. The molecule has 0 spiro atoms. The Balaban J connectivity index is 3.43. The number of primary amides is 1. The first-order valence-electron chi connectivity index (χ1n) is 7.99. The van der Waals surface area contributed by atoms with Crippen LogP contribution in [0.25, 0.3) is 0 Å². The zero-order chi connectivity index (χ0) is 18.3. The van der Waals surface area contributed by atoms with Gasteiger partial charge in [-0.3, -0.25) is 14.3 Å². The van der Waals surface area contributed by atoms with Crippen molar-refractivity contribution >= 4 is 27.5 Å². The highest BCUT2D eigenvalue weighted by molar-refractivity contribution is 7.92. The van der Waals surface area contributed by atoms with E-state index in [2.05, 4.69) is 4.72 Å². The van der Waals surface area contributed by atoms with E-state index in [-0.39, 0.29) is 28.5 Å². The molecule has 0 aliphatic heterocycles. The van der Waals surface area contributed by atoms with Gasteiger partial charge in [-0.25, -0.2) is 8.42 Å². The standard InChI is InChI=1S/C16H25N3O4S/c1-4-10-19(11-5-2)16(21)13-9-7-8-12(15(17)20)14(13)18-24(22,23)6-3/h7-9,18H,4-6,10-11H2,1-3H3,(H2,17,20). The molecule has 24 heavy (non-hydrogen) atoms. The van der Waals surface area contributed by atoms with Crippen LogP contribution in [-0.2, 0) is 10.0 Å². The van der Waals surface area contributed by atoms with Crippen molar-refractivity contribution in [2.75, 3.05) is 23.6 Å². The van der Waals surface area contributed by atoms with Gasteiger partial charge in [0.05, 0.1) is 22.6 Å². The predicted molar refractivity (Wildman–Crippen MR) is 94.5 cm³/mol. The molecule has 3 N–H and O–H groups in total. The number of sulfonamides is 1. The Labute approximate surface area is 143 Å². The number of nitrogens with two attached hydrogens (primary N) is 1. The third-order valence-corrected chi connectivity index (χ3v) is 4.75. The fourth-order valence-corrected chi connectivity index (χ4v) is 2.97. The number of hydrogen-bond acceptors (Lipinski definition) is 4. The summed E-state index contributed by atoms with van der Waals surface area (Å²) < 4.78 is 26.2. The molecule has 8 heteroatoms. The van der Waals surface area contributed by atoms with Crippen LogP contribution in [0.4, 0.5) is 5.69 Å². The second-order valence-electron chi connectivity index (χ2n) is 5.39. The van der Waals surface area contributed by atoms with E-state index in [1.807, 2.05) is 13.8 Å². The summed E-state index contributed by atoms with van der Waals surface area (Å²) in [5, 5.41) is 0. The normalized spacial score (nSPS) is 11.1. The second kappa shape index (κ2) is 8.68. The van der Waals surface area contributed by atoms with Gasteiger partial charge >= 0.3 is 0 Å². The van der Waals surface area contributed by atoms with Crippen molar-refractivity contribution < 1.29 is 18.0 Å². The van der Waals surface area contributed by atoms with E-state index in [9.17, 15) is 18.0 Å². The van der Waals surface area contributed by atoms with Crippen molar-refractivity contribution in [3.63, 3.8) is 0 Å². The van der Waals surface area contributed by atoms with Gasteiger partial charge in [-0.2, -0.15) is 0 Å². The number of benzene rings is 1. The summed E-state index contributed by atoms with van der Waals surface area (Å²) in [6.07, 6.45) is 1.55. The number of anilines is 1. The first-order chi connectivity index (χ1) is 11.3. The van der Waals surface area contributed by atoms with E-state index in [1.54, 1.807) is 4.90 Å². The minimum atomic E-state index is -3.66. The van der Waals surface area contributed by atoms with Crippen molar-refractivity contribution in [3.05, 3.63) is 29.3 Å². The number of carbonyl (C=O) groups is 2. The molecule has 1 rings (SSSR count). The maximum atomic E-state index is 12.8. The lowest BCUT2D eigenvalue weighted by Crippen LogP contribution is -2.34. The van der Waals surface area contributed by atoms with Crippen LogP contribution in [0.3, 0.4) is 0 Å². The molecule has 0 saturated heterocycles. The number of nitrogens with zero attached hydrogens (tertiary/aromatic N) is 1. The number of hydrogen-bond donors (Lipinski definition) is 2. The SMILES string of the molecule is CCCN(CCC)C(=O)c1cccc(C(N)=O)c1NS(=O)(=O)CC. The Morgan fingerprint density at radius 3 is 2.08 bits per heavy atom. The summed E-state index contributed by atoms with van der Waals surface area (Å²) in [5.41, 5.74) is 5.40. The van der Waals surface area contributed by atoms with E-state index >= 15 is 0 Å².